The third-order valence-electron chi connectivity index (χ3n) is 5.09. The second-order valence-corrected chi connectivity index (χ2v) is 8.47. The molecule has 0 bridgehead atoms. The zero-order valence-electron chi connectivity index (χ0n) is 19.4. The van der Waals surface area contributed by atoms with E-state index in [1.54, 1.807) is 25.3 Å². The van der Waals surface area contributed by atoms with Crippen LogP contribution in [0.4, 0.5) is 5.69 Å². The van der Waals surface area contributed by atoms with Gasteiger partial charge in [-0.05, 0) is 60.4 Å². The summed E-state index contributed by atoms with van der Waals surface area (Å²) in [6.07, 6.45) is 0. The van der Waals surface area contributed by atoms with Crippen LogP contribution in [0.1, 0.15) is 49.2 Å². The standard InChI is InChI=1S/C27H31NO4/c1-6-31-25-10-8-7-9-23(25)28-26(29)19-11-16-24(30-5)20(17-19)18-32-22-14-12-21(13-15-22)27(2,3)4/h7-17H,6,18H2,1-5H3,(H,28,29). The Balaban J connectivity index is 1.74. The van der Waals surface area contributed by atoms with Crippen LogP contribution in [-0.2, 0) is 12.0 Å². The number of para-hydroxylation sites is 2. The first kappa shape index (κ1) is 23.2. The van der Waals surface area contributed by atoms with Gasteiger partial charge in [-0.1, -0.05) is 45.0 Å². The van der Waals surface area contributed by atoms with Gasteiger partial charge in [0.25, 0.3) is 5.91 Å². The van der Waals surface area contributed by atoms with Crippen molar-refractivity contribution in [2.75, 3.05) is 19.0 Å². The minimum Gasteiger partial charge on any atom is -0.496 e. The van der Waals surface area contributed by atoms with Crippen LogP contribution in [0.2, 0.25) is 0 Å². The molecule has 5 nitrogen and oxygen atoms in total. The first-order chi connectivity index (χ1) is 15.3. The molecular formula is C27H31NO4. The third kappa shape index (κ3) is 5.82. The summed E-state index contributed by atoms with van der Waals surface area (Å²) >= 11 is 0. The molecule has 3 aromatic carbocycles. The second-order valence-electron chi connectivity index (χ2n) is 8.47. The molecule has 1 amide bonds. The first-order valence-electron chi connectivity index (χ1n) is 10.7. The Bertz CT molecular complexity index is 1050. The molecule has 0 unspecified atom stereocenters. The first-order valence-corrected chi connectivity index (χ1v) is 10.7. The topological polar surface area (TPSA) is 56.8 Å². The van der Waals surface area contributed by atoms with Gasteiger partial charge in [0.05, 0.1) is 19.4 Å². The highest BCUT2D eigenvalue weighted by Gasteiger charge is 2.15. The molecule has 0 atom stereocenters. The monoisotopic (exact) mass is 433 g/mol. The normalized spacial score (nSPS) is 11.0. The summed E-state index contributed by atoms with van der Waals surface area (Å²) in [7, 11) is 1.61. The van der Waals surface area contributed by atoms with Crippen molar-refractivity contribution in [3.63, 3.8) is 0 Å². The van der Waals surface area contributed by atoms with E-state index in [4.69, 9.17) is 14.2 Å². The number of amides is 1. The summed E-state index contributed by atoms with van der Waals surface area (Å²) in [5, 5.41) is 2.92. The number of rotatable bonds is 8. The smallest absolute Gasteiger partial charge is 0.255 e. The summed E-state index contributed by atoms with van der Waals surface area (Å²) in [5.41, 5.74) is 3.27. The van der Waals surface area contributed by atoms with Gasteiger partial charge in [-0.15, -0.1) is 0 Å². The molecule has 0 saturated carbocycles. The molecule has 0 aliphatic carbocycles. The fourth-order valence-electron chi connectivity index (χ4n) is 3.29. The van der Waals surface area contributed by atoms with Gasteiger partial charge >= 0.3 is 0 Å². The van der Waals surface area contributed by atoms with E-state index < -0.39 is 0 Å². The minimum absolute atomic E-state index is 0.0875. The number of ether oxygens (including phenoxy) is 3. The molecule has 168 valence electrons. The van der Waals surface area contributed by atoms with Crippen LogP contribution in [0.5, 0.6) is 17.2 Å². The number of hydrogen-bond acceptors (Lipinski definition) is 4. The Morgan fingerprint density at radius 2 is 1.62 bits per heavy atom. The molecular weight excluding hydrogens is 402 g/mol. The molecule has 32 heavy (non-hydrogen) atoms. The molecule has 5 heteroatoms. The second kappa shape index (κ2) is 10.2. The molecule has 0 aromatic heterocycles. The van der Waals surface area contributed by atoms with Crippen molar-refractivity contribution >= 4 is 11.6 Å². The zero-order chi connectivity index (χ0) is 23.1. The Morgan fingerprint density at radius 3 is 2.28 bits per heavy atom. The van der Waals surface area contributed by atoms with E-state index in [1.807, 2.05) is 43.3 Å². The number of methoxy groups -OCH3 is 1. The third-order valence-corrected chi connectivity index (χ3v) is 5.09. The summed E-state index contributed by atoms with van der Waals surface area (Å²) in [6, 6.07) is 20.8. The quantitative estimate of drug-likeness (QED) is 0.458. The number of carbonyl (C=O) groups is 1. The van der Waals surface area contributed by atoms with Crippen LogP contribution in [0.25, 0.3) is 0 Å². The number of hydrogen-bond donors (Lipinski definition) is 1. The average Bonchev–Trinajstić information content (AvgIpc) is 2.78. The highest BCUT2D eigenvalue weighted by molar-refractivity contribution is 6.05. The van der Waals surface area contributed by atoms with Crippen LogP contribution >= 0.6 is 0 Å². The van der Waals surface area contributed by atoms with Crippen molar-refractivity contribution in [2.45, 2.75) is 39.7 Å². The lowest BCUT2D eigenvalue weighted by Crippen LogP contribution is -2.14. The molecule has 0 spiro atoms. The lowest BCUT2D eigenvalue weighted by molar-refractivity contribution is 0.102. The molecule has 3 aromatic rings. The van der Waals surface area contributed by atoms with Crippen LogP contribution in [0.15, 0.2) is 66.7 Å². The van der Waals surface area contributed by atoms with Gasteiger partial charge in [0.2, 0.25) is 0 Å². The zero-order valence-corrected chi connectivity index (χ0v) is 19.4. The maximum Gasteiger partial charge on any atom is 0.255 e. The fraction of sp³-hybridized carbons (Fsp3) is 0.296. The van der Waals surface area contributed by atoms with Gasteiger partial charge in [0, 0.05) is 11.1 Å². The lowest BCUT2D eigenvalue weighted by Gasteiger charge is -2.19. The Kier molecular flexibility index (Phi) is 7.41. The van der Waals surface area contributed by atoms with Gasteiger partial charge < -0.3 is 19.5 Å². The molecule has 0 heterocycles. The van der Waals surface area contributed by atoms with Gasteiger partial charge in [0.1, 0.15) is 23.9 Å². The van der Waals surface area contributed by atoms with Gasteiger partial charge in [-0.2, -0.15) is 0 Å². The molecule has 0 fully saturated rings. The maximum absolute atomic E-state index is 12.9. The molecule has 3 rings (SSSR count). The SMILES string of the molecule is CCOc1ccccc1NC(=O)c1ccc(OC)c(COc2ccc(C(C)(C)C)cc2)c1. The molecule has 0 aliphatic heterocycles. The van der Waals surface area contributed by atoms with Crippen molar-refractivity contribution in [1.29, 1.82) is 0 Å². The van der Waals surface area contributed by atoms with Crippen molar-refractivity contribution in [2.24, 2.45) is 0 Å². The minimum atomic E-state index is -0.226. The van der Waals surface area contributed by atoms with E-state index >= 15 is 0 Å². The molecule has 0 saturated heterocycles. The predicted octanol–water partition coefficient (Wildman–Crippen LogP) is 6.22. The van der Waals surface area contributed by atoms with E-state index in [9.17, 15) is 4.79 Å². The number of nitrogens with one attached hydrogen (secondary N) is 1. The van der Waals surface area contributed by atoms with E-state index in [0.29, 0.717) is 29.4 Å². The Hall–Kier alpha value is -3.47. The summed E-state index contributed by atoms with van der Waals surface area (Å²) < 4.78 is 17.0. The summed E-state index contributed by atoms with van der Waals surface area (Å²) in [4.78, 5) is 12.9. The average molecular weight is 434 g/mol. The van der Waals surface area contributed by atoms with Crippen LogP contribution < -0.4 is 19.5 Å². The van der Waals surface area contributed by atoms with Crippen molar-refractivity contribution in [3.8, 4) is 17.2 Å². The van der Waals surface area contributed by atoms with Crippen molar-refractivity contribution < 1.29 is 19.0 Å². The van der Waals surface area contributed by atoms with Crippen molar-refractivity contribution in [3.05, 3.63) is 83.4 Å². The number of anilines is 1. The highest BCUT2D eigenvalue weighted by atomic mass is 16.5. The largest absolute Gasteiger partial charge is 0.496 e. The Morgan fingerprint density at radius 1 is 0.906 bits per heavy atom. The van der Waals surface area contributed by atoms with E-state index in [1.165, 1.54) is 5.56 Å². The van der Waals surface area contributed by atoms with Gasteiger partial charge in [0.15, 0.2) is 0 Å². The van der Waals surface area contributed by atoms with Gasteiger partial charge in [-0.25, -0.2) is 0 Å². The number of carbonyl (C=O) groups excluding carboxylic acids is 1. The van der Waals surface area contributed by atoms with E-state index in [-0.39, 0.29) is 17.9 Å². The maximum atomic E-state index is 12.9. The highest BCUT2D eigenvalue weighted by Crippen LogP contribution is 2.27. The molecule has 0 radical (unpaired) electrons. The van der Waals surface area contributed by atoms with Gasteiger partial charge in [-0.3, -0.25) is 4.79 Å². The summed E-state index contributed by atoms with van der Waals surface area (Å²) in [5.74, 6) is 1.85. The molecule has 0 aliphatic rings. The van der Waals surface area contributed by atoms with E-state index in [2.05, 4.69) is 38.2 Å². The van der Waals surface area contributed by atoms with E-state index in [0.717, 1.165) is 11.3 Å². The van der Waals surface area contributed by atoms with Crippen LogP contribution in [0, 0.1) is 0 Å². The number of benzene rings is 3. The lowest BCUT2D eigenvalue weighted by atomic mass is 9.87. The van der Waals surface area contributed by atoms with Crippen LogP contribution in [0.3, 0.4) is 0 Å². The van der Waals surface area contributed by atoms with Crippen molar-refractivity contribution in [1.82, 2.24) is 0 Å². The molecule has 1 N–H and O–H groups in total. The Labute approximate surface area is 190 Å². The summed E-state index contributed by atoms with van der Waals surface area (Å²) in [6.45, 7) is 9.25. The van der Waals surface area contributed by atoms with Crippen LogP contribution in [-0.4, -0.2) is 19.6 Å². The fourth-order valence-corrected chi connectivity index (χ4v) is 3.29. The predicted molar refractivity (Wildman–Crippen MR) is 128 cm³/mol.